The molecule has 1 fully saturated rings. The van der Waals surface area contributed by atoms with E-state index in [0.29, 0.717) is 60.8 Å². The molecule has 4 rings (SSSR count). The third-order valence-electron chi connectivity index (χ3n) is 6.91. The monoisotopic (exact) mass is 510 g/mol. The number of hydrogen-bond donors (Lipinski definition) is 3. The Morgan fingerprint density at radius 3 is 2.86 bits per heavy atom. The van der Waals surface area contributed by atoms with Crippen LogP contribution < -0.4 is 5.32 Å². The van der Waals surface area contributed by atoms with E-state index in [9.17, 15) is 19.6 Å². The number of carboxylic acids is 1. The van der Waals surface area contributed by atoms with Gasteiger partial charge in [0.15, 0.2) is 5.82 Å². The van der Waals surface area contributed by atoms with Crippen molar-refractivity contribution in [3.8, 4) is 6.07 Å². The molecule has 1 aliphatic heterocycles. The number of aliphatic carboxylic acids is 1. The lowest BCUT2D eigenvalue weighted by atomic mass is 9.71. The van der Waals surface area contributed by atoms with Crippen molar-refractivity contribution in [2.24, 2.45) is 5.41 Å². The van der Waals surface area contributed by atoms with Crippen molar-refractivity contribution in [1.82, 2.24) is 20.1 Å². The Balaban J connectivity index is 1.58. The second-order valence-corrected chi connectivity index (χ2v) is 9.73. The van der Waals surface area contributed by atoms with E-state index >= 15 is 0 Å². The molecule has 188 valence electrons. The summed E-state index contributed by atoms with van der Waals surface area (Å²) in [6.45, 7) is 4.71. The molecule has 3 heterocycles. The fraction of sp³-hybridized carbons (Fsp3) is 0.385. The van der Waals surface area contributed by atoms with E-state index in [4.69, 9.17) is 11.6 Å². The number of piperidine rings is 1. The van der Waals surface area contributed by atoms with Crippen molar-refractivity contribution in [3.63, 3.8) is 0 Å². The summed E-state index contributed by atoms with van der Waals surface area (Å²) in [5.74, 6) is -0.293. The topological polar surface area (TPSA) is 118 Å². The van der Waals surface area contributed by atoms with Crippen molar-refractivity contribution in [2.45, 2.75) is 52.1 Å². The Hall–Kier alpha value is -3.48. The zero-order valence-electron chi connectivity index (χ0n) is 20.2. The Morgan fingerprint density at radius 2 is 2.19 bits per heavy atom. The van der Waals surface area contributed by atoms with Gasteiger partial charge in [0, 0.05) is 36.3 Å². The number of halogens is 2. The van der Waals surface area contributed by atoms with Gasteiger partial charge in [0.25, 0.3) is 0 Å². The molecule has 0 spiro atoms. The summed E-state index contributed by atoms with van der Waals surface area (Å²) >= 11 is 5.96. The number of rotatable bonds is 8. The SMILES string of the molecule is CC[C@@H]1C[C@](Cc2nc(Nc3cc(C)[nH]n3)ccc2C#N)(C(=O)O)CCN1Cc1cccc(Cl)c1F. The number of carbonyl (C=O) groups is 1. The summed E-state index contributed by atoms with van der Waals surface area (Å²) < 4.78 is 14.5. The molecule has 0 saturated carbocycles. The lowest BCUT2D eigenvalue weighted by Crippen LogP contribution is -2.50. The number of aryl methyl sites for hydroxylation is 1. The van der Waals surface area contributed by atoms with Crippen LogP contribution in [0.4, 0.5) is 16.0 Å². The minimum atomic E-state index is -1.09. The number of nitrogens with zero attached hydrogens (tertiary/aromatic N) is 4. The van der Waals surface area contributed by atoms with E-state index in [1.165, 1.54) is 6.07 Å². The largest absolute Gasteiger partial charge is 0.481 e. The van der Waals surface area contributed by atoms with Crippen LogP contribution in [-0.2, 0) is 17.8 Å². The molecule has 1 aliphatic rings. The van der Waals surface area contributed by atoms with Crippen LogP contribution >= 0.6 is 11.6 Å². The summed E-state index contributed by atoms with van der Waals surface area (Å²) in [5.41, 5.74) is 1.05. The van der Waals surface area contributed by atoms with Crippen LogP contribution in [-0.4, -0.2) is 43.7 Å². The number of aromatic amines is 1. The van der Waals surface area contributed by atoms with Crippen LogP contribution in [0.15, 0.2) is 36.4 Å². The highest BCUT2D eigenvalue weighted by Gasteiger charge is 2.46. The minimum Gasteiger partial charge on any atom is -0.481 e. The number of benzene rings is 1. The Morgan fingerprint density at radius 1 is 1.39 bits per heavy atom. The second kappa shape index (κ2) is 10.6. The third kappa shape index (κ3) is 5.35. The zero-order valence-corrected chi connectivity index (χ0v) is 20.9. The number of pyridine rings is 1. The molecule has 3 N–H and O–H groups in total. The van der Waals surface area contributed by atoms with Gasteiger partial charge in [-0.1, -0.05) is 30.7 Å². The molecule has 36 heavy (non-hydrogen) atoms. The quantitative estimate of drug-likeness (QED) is 0.380. The minimum absolute atomic E-state index is 0.0750. The highest BCUT2D eigenvalue weighted by molar-refractivity contribution is 6.30. The molecule has 0 bridgehead atoms. The molecule has 10 heteroatoms. The lowest BCUT2D eigenvalue weighted by Gasteiger charge is -2.44. The van der Waals surface area contributed by atoms with Gasteiger partial charge in [-0.3, -0.25) is 14.8 Å². The van der Waals surface area contributed by atoms with Gasteiger partial charge in [-0.15, -0.1) is 0 Å². The Bertz CT molecular complexity index is 1310. The van der Waals surface area contributed by atoms with Crippen LogP contribution in [0.2, 0.25) is 5.02 Å². The van der Waals surface area contributed by atoms with E-state index in [1.54, 1.807) is 24.3 Å². The first-order valence-corrected chi connectivity index (χ1v) is 12.2. The highest BCUT2D eigenvalue weighted by atomic mass is 35.5. The van der Waals surface area contributed by atoms with Gasteiger partial charge in [0.2, 0.25) is 0 Å². The summed E-state index contributed by atoms with van der Waals surface area (Å²) in [7, 11) is 0. The second-order valence-electron chi connectivity index (χ2n) is 9.33. The van der Waals surface area contributed by atoms with Crippen LogP contribution in [0.3, 0.4) is 0 Å². The molecule has 2 atom stereocenters. The molecule has 3 aromatic rings. The maximum atomic E-state index is 14.5. The first-order chi connectivity index (χ1) is 17.2. The molecule has 1 aromatic carbocycles. The molecule has 0 radical (unpaired) electrons. The number of nitriles is 1. The first-order valence-electron chi connectivity index (χ1n) is 11.8. The molecule has 0 unspecified atom stereocenters. The first kappa shape index (κ1) is 25.6. The van der Waals surface area contributed by atoms with Crippen LogP contribution in [0, 0.1) is 29.5 Å². The van der Waals surface area contributed by atoms with E-state index in [2.05, 4.69) is 31.5 Å². The summed E-state index contributed by atoms with van der Waals surface area (Å²) in [4.78, 5) is 19.4. The smallest absolute Gasteiger partial charge is 0.310 e. The number of aromatic nitrogens is 3. The number of anilines is 2. The zero-order chi connectivity index (χ0) is 25.9. The van der Waals surface area contributed by atoms with Gasteiger partial charge in [-0.2, -0.15) is 10.4 Å². The van der Waals surface area contributed by atoms with E-state index < -0.39 is 17.2 Å². The number of hydrogen-bond acceptors (Lipinski definition) is 6. The van der Waals surface area contributed by atoms with Gasteiger partial charge in [0.1, 0.15) is 17.7 Å². The number of H-pyrrole nitrogens is 1. The molecular weight excluding hydrogens is 483 g/mol. The van der Waals surface area contributed by atoms with Gasteiger partial charge in [-0.05, 0) is 50.9 Å². The van der Waals surface area contributed by atoms with Crippen LogP contribution in [0.5, 0.6) is 0 Å². The molecule has 0 amide bonds. The average Bonchev–Trinajstić information content (AvgIpc) is 3.27. The Kier molecular flexibility index (Phi) is 7.57. The number of carboxylic acid groups (broad SMARTS) is 1. The summed E-state index contributed by atoms with van der Waals surface area (Å²) in [6.07, 6.45) is 1.54. The summed E-state index contributed by atoms with van der Waals surface area (Å²) in [6, 6.07) is 12.1. The fourth-order valence-electron chi connectivity index (χ4n) is 4.89. The van der Waals surface area contributed by atoms with Crippen LogP contribution in [0.25, 0.3) is 0 Å². The highest BCUT2D eigenvalue weighted by Crippen LogP contribution is 2.40. The number of nitrogens with one attached hydrogen (secondary N) is 2. The summed E-state index contributed by atoms with van der Waals surface area (Å²) in [5, 5.41) is 30.2. The average molecular weight is 511 g/mol. The number of likely N-dealkylation sites (tertiary alicyclic amines) is 1. The lowest BCUT2D eigenvalue weighted by molar-refractivity contribution is -0.154. The fourth-order valence-corrected chi connectivity index (χ4v) is 5.09. The van der Waals surface area contributed by atoms with Crippen molar-refractivity contribution < 1.29 is 14.3 Å². The van der Waals surface area contributed by atoms with Gasteiger partial charge in [-0.25, -0.2) is 9.37 Å². The maximum Gasteiger partial charge on any atom is 0.310 e. The van der Waals surface area contributed by atoms with Crippen LogP contribution in [0.1, 0.15) is 48.7 Å². The van der Waals surface area contributed by atoms with E-state index in [-0.39, 0.29) is 17.5 Å². The molecule has 8 nitrogen and oxygen atoms in total. The molecule has 2 aromatic heterocycles. The van der Waals surface area contributed by atoms with Crippen molar-refractivity contribution in [3.05, 3.63) is 69.8 Å². The van der Waals surface area contributed by atoms with Gasteiger partial charge in [0.05, 0.1) is 21.7 Å². The van der Waals surface area contributed by atoms with Crippen molar-refractivity contribution in [1.29, 1.82) is 5.26 Å². The van der Waals surface area contributed by atoms with Gasteiger partial charge < -0.3 is 10.4 Å². The molecule has 1 saturated heterocycles. The third-order valence-corrected chi connectivity index (χ3v) is 7.20. The predicted octanol–water partition coefficient (Wildman–Crippen LogP) is 5.21. The molecule has 0 aliphatic carbocycles. The standard InChI is InChI=1S/C26H28ClFN6O2/c1-3-19-12-26(25(35)36,9-10-34(19)15-18-5-4-6-20(27)24(18)28)13-21-17(14-29)7-8-22(30-21)31-23-11-16(2)32-33-23/h4-8,11,19H,3,9-10,12-13,15H2,1-2H3,(H,35,36)(H2,30,31,32,33)/t19-,26-/m1/s1. The molecular formula is C26H28ClFN6O2. The van der Waals surface area contributed by atoms with E-state index in [1.807, 2.05) is 19.9 Å². The van der Waals surface area contributed by atoms with E-state index in [0.717, 1.165) is 5.69 Å². The van der Waals surface area contributed by atoms with Crippen molar-refractivity contribution in [2.75, 3.05) is 11.9 Å². The van der Waals surface area contributed by atoms with Crippen molar-refractivity contribution >= 4 is 29.2 Å². The maximum absolute atomic E-state index is 14.5. The predicted molar refractivity (Wildman–Crippen MR) is 134 cm³/mol. The van der Waals surface area contributed by atoms with Gasteiger partial charge >= 0.3 is 5.97 Å². The normalized spacial score (nSPS) is 20.1. The Labute approximate surface area is 214 Å².